The fourth-order valence-electron chi connectivity index (χ4n) is 4.87. The molecule has 5 heteroatoms. The van der Waals surface area contributed by atoms with Crippen molar-refractivity contribution in [2.24, 2.45) is 5.92 Å². The van der Waals surface area contributed by atoms with E-state index in [-0.39, 0.29) is 22.1 Å². The molecule has 0 radical (unpaired) electrons. The first-order valence-corrected chi connectivity index (χ1v) is 13.1. The van der Waals surface area contributed by atoms with E-state index in [0.717, 1.165) is 69.5 Å². The Labute approximate surface area is 193 Å². The summed E-state index contributed by atoms with van der Waals surface area (Å²) in [6, 6.07) is 8.15. The topological polar surface area (TPSA) is 40.6 Å². The van der Waals surface area contributed by atoms with E-state index >= 15 is 0 Å². The van der Waals surface area contributed by atoms with Gasteiger partial charge in [0, 0.05) is 36.9 Å². The Morgan fingerprint density at radius 1 is 1.06 bits per heavy atom. The van der Waals surface area contributed by atoms with Gasteiger partial charge in [-0.2, -0.15) is 0 Å². The second-order valence-electron chi connectivity index (χ2n) is 10.2. The van der Waals surface area contributed by atoms with E-state index in [2.05, 4.69) is 56.6 Å². The molecule has 0 bridgehead atoms. The molecule has 2 fully saturated rings. The number of nitrogens with zero attached hydrogens (tertiary/aromatic N) is 2. The van der Waals surface area contributed by atoms with Crippen LogP contribution in [0.5, 0.6) is 0 Å². The molecule has 0 saturated carbocycles. The molecule has 1 unspecified atom stereocenters. The smallest absolute Gasteiger partial charge is 0.254 e. The zero-order valence-electron chi connectivity index (χ0n) is 20.1. The van der Waals surface area contributed by atoms with E-state index < -0.39 is 0 Å². The minimum atomic E-state index is -0.151. The van der Waals surface area contributed by atoms with Crippen LogP contribution in [0.1, 0.15) is 89.1 Å². The Bertz CT molecular complexity index is 761. The van der Waals surface area contributed by atoms with Crippen molar-refractivity contribution in [3.05, 3.63) is 35.4 Å². The van der Waals surface area contributed by atoms with Gasteiger partial charge in [0.2, 0.25) is 5.91 Å². The van der Waals surface area contributed by atoms with Crippen LogP contribution >= 0.6 is 11.8 Å². The lowest BCUT2D eigenvalue weighted by Crippen LogP contribution is -2.54. The highest BCUT2D eigenvalue weighted by Gasteiger charge is 2.47. The van der Waals surface area contributed by atoms with Crippen molar-refractivity contribution in [1.82, 2.24) is 9.80 Å². The number of piperidine rings is 1. The number of amides is 2. The SMILES string of the molecule is CCCCC(CC)C(=O)N1CCC2(CC1)SCCN2C(=O)c1ccc(C(C)(C)C)cc1. The van der Waals surface area contributed by atoms with E-state index in [1.807, 2.05) is 23.9 Å². The van der Waals surface area contributed by atoms with Gasteiger partial charge in [-0.1, -0.05) is 59.6 Å². The van der Waals surface area contributed by atoms with E-state index in [0.29, 0.717) is 5.91 Å². The van der Waals surface area contributed by atoms with Crippen molar-refractivity contribution in [3.8, 4) is 0 Å². The molecule has 2 saturated heterocycles. The lowest BCUT2D eigenvalue weighted by Gasteiger charge is -2.44. The van der Waals surface area contributed by atoms with Crippen molar-refractivity contribution in [2.45, 2.75) is 83.4 Å². The molecule has 2 heterocycles. The molecule has 4 nitrogen and oxygen atoms in total. The molecule has 2 aliphatic heterocycles. The standard InChI is InChI=1S/C26H40N2O2S/c1-6-8-9-20(7-2)23(29)27-16-14-26(15-17-27)28(18-19-31-26)24(30)21-10-12-22(13-11-21)25(3,4)5/h10-13,20H,6-9,14-19H2,1-5H3. The molecule has 1 aromatic rings. The molecule has 0 aliphatic carbocycles. The number of carbonyl (C=O) groups excluding carboxylic acids is 2. The van der Waals surface area contributed by atoms with Crippen molar-refractivity contribution < 1.29 is 9.59 Å². The van der Waals surface area contributed by atoms with E-state index in [9.17, 15) is 9.59 Å². The van der Waals surface area contributed by atoms with Crippen LogP contribution in [0.25, 0.3) is 0 Å². The monoisotopic (exact) mass is 444 g/mol. The summed E-state index contributed by atoms with van der Waals surface area (Å²) in [5.74, 6) is 1.60. The Balaban J connectivity index is 1.66. The van der Waals surface area contributed by atoms with Crippen LogP contribution < -0.4 is 0 Å². The lowest BCUT2D eigenvalue weighted by molar-refractivity contribution is -0.137. The van der Waals surface area contributed by atoms with E-state index in [4.69, 9.17) is 0 Å². The molecule has 2 aliphatic rings. The van der Waals surface area contributed by atoms with Gasteiger partial charge in [-0.05, 0) is 48.8 Å². The zero-order valence-corrected chi connectivity index (χ0v) is 20.9. The van der Waals surface area contributed by atoms with Gasteiger partial charge in [-0.3, -0.25) is 9.59 Å². The first kappa shape index (κ1) is 24.2. The molecule has 0 N–H and O–H groups in total. The second kappa shape index (κ2) is 9.97. The number of carbonyl (C=O) groups is 2. The highest BCUT2D eigenvalue weighted by Crippen LogP contribution is 2.45. The average molecular weight is 445 g/mol. The molecule has 31 heavy (non-hydrogen) atoms. The Morgan fingerprint density at radius 3 is 2.26 bits per heavy atom. The third kappa shape index (κ3) is 5.30. The Kier molecular flexibility index (Phi) is 7.77. The van der Waals surface area contributed by atoms with Gasteiger partial charge in [-0.15, -0.1) is 11.8 Å². The third-order valence-electron chi connectivity index (χ3n) is 7.03. The number of rotatable bonds is 6. The number of thioether (sulfide) groups is 1. The van der Waals surface area contributed by atoms with Crippen LogP contribution in [0.15, 0.2) is 24.3 Å². The molecule has 3 rings (SSSR count). The van der Waals surface area contributed by atoms with Gasteiger partial charge in [0.05, 0.1) is 4.87 Å². The Hall–Kier alpha value is -1.49. The molecule has 2 amide bonds. The summed E-state index contributed by atoms with van der Waals surface area (Å²) in [5.41, 5.74) is 2.10. The summed E-state index contributed by atoms with van der Waals surface area (Å²) in [6.45, 7) is 13.2. The summed E-state index contributed by atoms with van der Waals surface area (Å²) in [5, 5.41) is 0. The number of unbranched alkanes of at least 4 members (excludes halogenated alkanes) is 1. The van der Waals surface area contributed by atoms with Crippen molar-refractivity contribution in [2.75, 3.05) is 25.4 Å². The predicted octanol–water partition coefficient (Wildman–Crippen LogP) is 5.71. The quantitative estimate of drug-likeness (QED) is 0.564. The first-order valence-electron chi connectivity index (χ1n) is 12.1. The second-order valence-corrected chi connectivity index (χ2v) is 11.6. The van der Waals surface area contributed by atoms with Crippen molar-refractivity contribution in [3.63, 3.8) is 0 Å². The van der Waals surface area contributed by atoms with Gasteiger partial charge < -0.3 is 9.80 Å². The number of benzene rings is 1. The average Bonchev–Trinajstić information content (AvgIpc) is 3.16. The van der Waals surface area contributed by atoms with Crippen LogP contribution in [-0.4, -0.2) is 51.9 Å². The lowest BCUT2D eigenvalue weighted by atomic mass is 9.86. The fourth-order valence-corrected chi connectivity index (χ4v) is 6.32. The summed E-state index contributed by atoms with van der Waals surface area (Å²) in [7, 11) is 0. The zero-order chi connectivity index (χ0) is 22.6. The summed E-state index contributed by atoms with van der Waals surface area (Å²) >= 11 is 1.91. The maximum absolute atomic E-state index is 13.4. The molecule has 1 aromatic carbocycles. The van der Waals surface area contributed by atoms with Gasteiger partial charge in [-0.25, -0.2) is 0 Å². The van der Waals surface area contributed by atoms with Crippen LogP contribution in [0.3, 0.4) is 0 Å². The summed E-state index contributed by atoms with van der Waals surface area (Å²) in [4.78, 5) is 30.4. The summed E-state index contributed by atoms with van der Waals surface area (Å²) in [6.07, 6.45) is 5.92. The van der Waals surface area contributed by atoms with Gasteiger partial charge >= 0.3 is 0 Å². The third-order valence-corrected chi connectivity index (χ3v) is 8.58. The molecular weight excluding hydrogens is 404 g/mol. The van der Waals surface area contributed by atoms with Gasteiger partial charge in [0.25, 0.3) is 5.91 Å². The molecule has 172 valence electrons. The number of likely N-dealkylation sites (tertiary alicyclic amines) is 1. The predicted molar refractivity (Wildman–Crippen MR) is 130 cm³/mol. The van der Waals surface area contributed by atoms with Gasteiger partial charge in [0.15, 0.2) is 0 Å². The van der Waals surface area contributed by atoms with Crippen LogP contribution in [-0.2, 0) is 10.2 Å². The van der Waals surface area contributed by atoms with Crippen LogP contribution in [0.2, 0.25) is 0 Å². The van der Waals surface area contributed by atoms with Crippen molar-refractivity contribution >= 4 is 23.6 Å². The molecule has 1 spiro atoms. The first-order chi connectivity index (χ1) is 14.7. The van der Waals surface area contributed by atoms with Crippen LogP contribution in [0, 0.1) is 5.92 Å². The highest BCUT2D eigenvalue weighted by molar-refractivity contribution is 8.00. The molecule has 0 aromatic heterocycles. The van der Waals surface area contributed by atoms with E-state index in [1.165, 1.54) is 5.56 Å². The number of hydrogen-bond donors (Lipinski definition) is 0. The van der Waals surface area contributed by atoms with E-state index in [1.54, 1.807) is 0 Å². The van der Waals surface area contributed by atoms with Crippen LogP contribution in [0.4, 0.5) is 0 Å². The molecule has 1 atom stereocenters. The summed E-state index contributed by atoms with van der Waals surface area (Å²) < 4.78 is 0. The minimum Gasteiger partial charge on any atom is -0.342 e. The largest absolute Gasteiger partial charge is 0.342 e. The Morgan fingerprint density at radius 2 is 1.71 bits per heavy atom. The minimum absolute atomic E-state index is 0.0825. The van der Waals surface area contributed by atoms with Gasteiger partial charge in [0.1, 0.15) is 0 Å². The maximum Gasteiger partial charge on any atom is 0.254 e. The highest BCUT2D eigenvalue weighted by atomic mass is 32.2. The van der Waals surface area contributed by atoms with Crippen molar-refractivity contribution in [1.29, 1.82) is 0 Å². The fraction of sp³-hybridized carbons (Fsp3) is 0.692. The normalized spacial score (nSPS) is 19.6. The number of hydrogen-bond acceptors (Lipinski definition) is 3. The maximum atomic E-state index is 13.4. The molecular formula is C26H40N2O2S.